The third-order valence-electron chi connectivity index (χ3n) is 15.0. The molecule has 6 heterocycles. The Labute approximate surface area is 439 Å². The van der Waals surface area contributed by atoms with Crippen LogP contribution in [0.2, 0.25) is 0 Å². The maximum Gasteiger partial charge on any atom is 0.355 e. The first-order valence-electron chi connectivity index (χ1n) is 25.9. The summed E-state index contributed by atoms with van der Waals surface area (Å²) in [6.07, 6.45) is 5.01. The number of carbonyl (C=O) groups is 5. The van der Waals surface area contributed by atoms with Crippen molar-refractivity contribution in [3.63, 3.8) is 0 Å². The number of anilines is 3. The van der Waals surface area contributed by atoms with Gasteiger partial charge in [-0.3, -0.25) is 39.4 Å². The van der Waals surface area contributed by atoms with Gasteiger partial charge in [-0.2, -0.15) is 5.10 Å². The van der Waals surface area contributed by atoms with Crippen molar-refractivity contribution in [3.05, 3.63) is 124 Å². The molecule has 3 aliphatic heterocycles. The van der Waals surface area contributed by atoms with Crippen molar-refractivity contribution in [2.75, 3.05) is 41.7 Å². The summed E-state index contributed by atoms with van der Waals surface area (Å²) in [6.45, 7) is 13.2. The Hall–Kier alpha value is -7.50. The van der Waals surface area contributed by atoms with Crippen LogP contribution in [-0.4, -0.2) is 91.6 Å². The summed E-state index contributed by atoms with van der Waals surface area (Å²) >= 11 is 1.43. The zero-order valence-corrected chi connectivity index (χ0v) is 44.1. The Morgan fingerprint density at radius 1 is 0.920 bits per heavy atom. The predicted molar refractivity (Wildman–Crippen MR) is 292 cm³/mol. The number of hydrogen-bond acceptors (Lipinski definition) is 12. The minimum Gasteiger partial charge on any atom is -0.490 e. The second-order valence-corrected chi connectivity index (χ2v) is 22.3. The highest BCUT2D eigenvalue weighted by atomic mass is 32.1. The maximum absolute atomic E-state index is 13.8. The summed E-state index contributed by atoms with van der Waals surface area (Å²) in [7, 11) is 1.81. The van der Waals surface area contributed by atoms with Crippen molar-refractivity contribution in [1.29, 1.82) is 0 Å². The number of nitrogens with one attached hydrogen (secondary N) is 3. The van der Waals surface area contributed by atoms with Crippen LogP contribution in [0, 0.1) is 12.8 Å². The van der Waals surface area contributed by atoms with Crippen LogP contribution in [0.15, 0.2) is 84.9 Å². The minimum absolute atomic E-state index is 0.0319. The number of hydrogen-bond donors (Lipinski definition) is 4. The quantitative estimate of drug-likeness (QED) is 0.0753. The second-order valence-electron chi connectivity index (χ2n) is 21.3. The molecule has 1 unspecified atom stereocenters. The van der Waals surface area contributed by atoms with E-state index in [0.29, 0.717) is 71.1 Å². The lowest BCUT2D eigenvalue weighted by molar-refractivity contribution is -0.134. The molecule has 3 aliphatic rings. The molecule has 17 heteroatoms. The van der Waals surface area contributed by atoms with E-state index in [2.05, 4.69) is 63.5 Å². The van der Waals surface area contributed by atoms with E-state index in [9.17, 15) is 29.1 Å². The average molecular weight is 1030 g/mol. The molecule has 4 N–H and O–H groups in total. The number of rotatable bonds is 14. The number of fused-ring (bicyclic) bond motifs is 3. The first kappa shape index (κ1) is 51.0. The number of piperidine rings is 2. The first-order valence-corrected chi connectivity index (χ1v) is 26.7. The fourth-order valence-corrected chi connectivity index (χ4v) is 11.8. The van der Waals surface area contributed by atoms with E-state index in [1.54, 1.807) is 4.68 Å². The Morgan fingerprint density at radius 3 is 2.47 bits per heavy atom. The van der Waals surface area contributed by atoms with Gasteiger partial charge in [0.25, 0.3) is 5.91 Å². The fraction of sp³-hybridized carbons (Fsp3) is 0.379. The molecule has 3 aromatic heterocycles. The number of pyridine rings is 1. The molecule has 0 spiro atoms. The smallest absolute Gasteiger partial charge is 0.355 e. The first-order chi connectivity index (χ1) is 36.0. The highest BCUT2D eigenvalue weighted by Crippen LogP contribution is 2.42. The Morgan fingerprint density at radius 2 is 1.71 bits per heavy atom. The maximum atomic E-state index is 13.8. The van der Waals surface area contributed by atoms with Gasteiger partial charge in [0.15, 0.2) is 10.8 Å². The van der Waals surface area contributed by atoms with Crippen LogP contribution in [0.1, 0.15) is 121 Å². The largest absolute Gasteiger partial charge is 0.490 e. The molecule has 0 saturated carbocycles. The summed E-state index contributed by atoms with van der Waals surface area (Å²) in [5.41, 5.74) is 7.93. The SMILES string of the molecule is Cc1c(O[C@H](C)CCC2CCN(CC(=O)Nc3ccc4c(C5CCC(=O)NC5=O)nn(C)c4c3)CC2)cccc1-c1c(C(C)(C)C)cc(N2CCc3cccc(C(=O)Nc4nc5ccccc5s4)c3C2)nc1C(=O)O. The standard InChI is InChI=1S/C58H63N9O7S/c1-33(17-18-35-23-26-66(27-24-35)32-50(69)59-37-19-20-40-45(29-37)65(6)64-52(40)41-21-22-49(68)62-55(41)71)74-46-15-10-12-38(34(46)2)51-43(58(3,4)5)30-48(61-53(51)56(72)73)67-28-25-36-11-9-13-39(42(36)31-67)54(70)63-57-60-44-14-7-8-16-47(44)75-57/h7-16,19-20,29-30,33,35,41H,17-18,21-28,31-32H2,1-6H3,(H,59,69)(H,72,73)(H,60,63,70)(H,62,68,71)/t33-,41?/m1/s1. The Balaban J connectivity index is 0.765. The van der Waals surface area contributed by atoms with Gasteiger partial charge in [0, 0.05) is 48.8 Å². The zero-order chi connectivity index (χ0) is 52.7. The number of nitrogens with zero attached hydrogens (tertiary/aromatic N) is 6. The molecule has 10 rings (SSSR count). The molecule has 4 aromatic carbocycles. The van der Waals surface area contributed by atoms with Crippen molar-refractivity contribution < 1.29 is 33.8 Å². The van der Waals surface area contributed by atoms with Crippen LogP contribution in [0.25, 0.3) is 32.2 Å². The predicted octanol–water partition coefficient (Wildman–Crippen LogP) is 9.78. The van der Waals surface area contributed by atoms with E-state index >= 15 is 0 Å². The number of carboxylic acid groups (broad SMARTS) is 1. The van der Waals surface area contributed by atoms with Gasteiger partial charge in [0.2, 0.25) is 17.7 Å². The van der Waals surface area contributed by atoms with Crippen molar-refractivity contribution in [2.24, 2.45) is 13.0 Å². The van der Waals surface area contributed by atoms with Crippen LogP contribution < -0.4 is 25.6 Å². The van der Waals surface area contributed by atoms with Gasteiger partial charge in [-0.1, -0.05) is 68.5 Å². The number of benzene rings is 4. The average Bonchev–Trinajstić information content (AvgIpc) is 3.94. The number of likely N-dealkylation sites (tertiary alicyclic amines) is 1. The number of ether oxygens (including phenoxy) is 1. The number of amides is 4. The molecule has 2 atom stereocenters. The lowest BCUT2D eigenvalue weighted by atomic mass is 9.80. The summed E-state index contributed by atoms with van der Waals surface area (Å²) in [5.74, 6) is -0.818. The van der Waals surface area contributed by atoms with Gasteiger partial charge in [0.1, 0.15) is 11.6 Å². The highest BCUT2D eigenvalue weighted by molar-refractivity contribution is 7.22. The number of aryl methyl sites for hydroxylation is 1. The van der Waals surface area contributed by atoms with Gasteiger partial charge in [-0.25, -0.2) is 14.8 Å². The molecule has 388 valence electrons. The van der Waals surface area contributed by atoms with Crippen LogP contribution in [0.3, 0.4) is 0 Å². The van der Waals surface area contributed by atoms with E-state index in [1.807, 2.05) is 98.9 Å². The molecule has 75 heavy (non-hydrogen) atoms. The normalized spacial score (nSPS) is 16.9. The third-order valence-corrected chi connectivity index (χ3v) is 16.0. The van der Waals surface area contributed by atoms with E-state index in [-0.39, 0.29) is 48.4 Å². The number of thiazole rings is 1. The molecule has 2 fully saturated rings. The number of aromatic nitrogens is 4. The molecule has 2 saturated heterocycles. The molecule has 0 bridgehead atoms. The number of aromatic carboxylic acids is 1. The number of carboxylic acids is 1. The van der Waals surface area contributed by atoms with Crippen molar-refractivity contribution >= 4 is 78.7 Å². The van der Waals surface area contributed by atoms with E-state index in [0.717, 1.165) is 87.7 Å². The number of carbonyl (C=O) groups excluding carboxylic acids is 4. The number of imide groups is 1. The van der Waals surface area contributed by atoms with Gasteiger partial charge >= 0.3 is 5.97 Å². The monoisotopic (exact) mass is 1030 g/mol. The molecule has 4 amide bonds. The zero-order valence-electron chi connectivity index (χ0n) is 43.3. The summed E-state index contributed by atoms with van der Waals surface area (Å²) in [6, 6.07) is 27.0. The molecule has 0 aliphatic carbocycles. The van der Waals surface area contributed by atoms with E-state index < -0.39 is 17.3 Å². The molecule has 0 radical (unpaired) electrons. The van der Waals surface area contributed by atoms with Crippen LogP contribution in [-0.2, 0) is 39.8 Å². The molecule has 7 aromatic rings. The topological polar surface area (TPSA) is 201 Å². The van der Waals surface area contributed by atoms with Crippen molar-refractivity contribution in [2.45, 2.75) is 104 Å². The van der Waals surface area contributed by atoms with Crippen LogP contribution in [0.4, 0.5) is 16.6 Å². The van der Waals surface area contributed by atoms with Crippen LogP contribution >= 0.6 is 11.3 Å². The van der Waals surface area contributed by atoms with Crippen molar-refractivity contribution in [3.8, 4) is 16.9 Å². The highest BCUT2D eigenvalue weighted by Gasteiger charge is 2.33. The summed E-state index contributed by atoms with van der Waals surface area (Å²) in [4.78, 5) is 78.5. The summed E-state index contributed by atoms with van der Waals surface area (Å²) < 4.78 is 9.35. The Kier molecular flexibility index (Phi) is 14.3. The molecular formula is C58H63N9O7S. The second kappa shape index (κ2) is 21.0. The van der Waals surface area contributed by atoms with E-state index in [1.165, 1.54) is 11.3 Å². The van der Waals surface area contributed by atoms with E-state index in [4.69, 9.17) is 9.72 Å². The van der Waals surface area contributed by atoms with Gasteiger partial charge < -0.3 is 20.1 Å². The summed E-state index contributed by atoms with van der Waals surface area (Å²) in [5, 5.41) is 25.4. The Bertz CT molecular complexity index is 3350. The van der Waals surface area contributed by atoms with Crippen LogP contribution in [0.5, 0.6) is 5.75 Å². The van der Waals surface area contributed by atoms with Crippen molar-refractivity contribution in [1.82, 2.24) is 30.0 Å². The lowest BCUT2D eigenvalue weighted by Gasteiger charge is -2.33. The molecule has 16 nitrogen and oxygen atoms in total. The minimum atomic E-state index is -1.12. The fourth-order valence-electron chi connectivity index (χ4n) is 11.0. The van der Waals surface area contributed by atoms with Gasteiger partial charge in [0.05, 0.1) is 40.0 Å². The van der Waals surface area contributed by atoms with Gasteiger partial charge in [-0.05, 0) is 153 Å². The third kappa shape index (κ3) is 10.9. The number of para-hydroxylation sites is 1. The molecular weight excluding hydrogens is 967 g/mol. The lowest BCUT2D eigenvalue weighted by Crippen LogP contribution is -2.39. The van der Waals surface area contributed by atoms with Gasteiger partial charge in [-0.15, -0.1) is 0 Å².